The average Bonchev–Trinajstić information content (AvgIpc) is 3.83. The number of halogens is 1. The molecule has 0 atom stereocenters. The number of aliphatic imine (C=N–C) groups is 1. The summed E-state index contributed by atoms with van der Waals surface area (Å²) in [6, 6.07) is 17.7. The van der Waals surface area contributed by atoms with Crippen LogP contribution in [0.25, 0.3) is 0 Å². The van der Waals surface area contributed by atoms with E-state index in [1.165, 1.54) is 68.6 Å². The minimum Gasteiger partial charge on any atom is -0.492 e. The topological polar surface area (TPSA) is 80.7 Å². The molecule has 0 aromatic heterocycles. The molecule has 0 radical (unpaired) electrons. The Morgan fingerprint density at radius 2 is 1.72 bits per heavy atom. The lowest BCUT2D eigenvalue weighted by Gasteiger charge is -2.50. The Balaban J connectivity index is 0.770. The normalized spacial score (nSPS) is 24.4. The number of anilines is 3. The molecule has 10 rings (SSSR count). The Labute approximate surface area is 323 Å². The van der Waals surface area contributed by atoms with Crippen LogP contribution in [-0.2, 0) is 17.4 Å². The van der Waals surface area contributed by atoms with Gasteiger partial charge in [-0.15, -0.1) is 0 Å². The van der Waals surface area contributed by atoms with Crippen molar-refractivity contribution in [1.82, 2.24) is 15.1 Å². The number of rotatable bonds is 6. The summed E-state index contributed by atoms with van der Waals surface area (Å²) >= 11 is 6.60. The van der Waals surface area contributed by atoms with E-state index in [1.54, 1.807) is 6.07 Å². The molecule has 6 aliphatic heterocycles. The van der Waals surface area contributed by atoms with Gasteiger partial charge >= 0.3 is 0 Å². The number of piperidine rings is 2. The summed E-state index contributed by atoms with van der Waals surface area (Å²) in [5, 5.41) is 3.44. The molecule has 4 fully saturated rings. The van der Waals surface area contributed by atoms with Crippen LogP contribution in [0.4, 0.5) is 17.1 Å². The number of carbonyl (C=O) groups is 2. The van der Waals surface area contributed by atoms with Crippen molar-refractivity contribution in [2.24, 2.45) is 10.9 Å². The van der Waals surface area contributed by atoms with Crippen molar-refractivity contribution in [2.75, 3.05) is 69.3 Å². The summed E-state index contributed by atoms with van der Waals surface area (Å²) in [6.45, 7) is 9.24. The first kappa shape index (κ1) is 34.6. The molecule has 7 aliphatic rings. The third kappa shape index (κ3) is 5.35. The van der Waals surface area contributed by atoms with Crippen molar-refractivity contribution in [1.29, 1.82) is 0 Å². The fourth-order valence-electron chi connectivity index (χ4n) is 11.3. The number of benzene rings is 3. The zero-order chi connectivity index (χ0) is 36.6. The van der Waals surface area contributed by atoms with Gasteiger partial charge in [-0.25, -0.2) is 0 Å². The highest BCUT2D eigenvalue weighted by molar-refractivity contribution is 6.34. The molecule has 1 saturated carbocycles. The maximum absolute atomic E-state index is 12.4. The van der Waals surface area contributed by atoms with Crippen LogP contribution in [0.1, 0.15) is 95.2 Å². The smallest absolute Gasteiger partial charge is 0.252 e. The average molecular weight is 747 g/mol. The van der Waals surface area contributed by atoms with E-state index in [4.69, 9.17) is 21.3 Å². The first-order chi connectivity index (χ1) is 26.4. The molecule has 282 valence electrons. The molecule has 0 unspecified atom stereocenters. The van der Waals surface area contributed by atoms with Crippen LogP contribution in [0.5, 0.6) is 5.75 Å². The predicted molar refractivity (Wildman–Crippen MR) is 214 cm³/mol. The molecule has 1 aliphatic carbocycles. The summed E-state index contributed by atoms with van der Waals surface area (Å²) in [7, 11) is 1.91. The molecule has 3 aromatic rings. The van der Waals surface area contributed by atoms with Crippen LogP contribution in [0, 0.1) is 5.92 Å². The number of likely N-dealkylation sites (tertiary alicyclic amines) is 2. The van der Waals surface area contributed by atoms with Gasteiger partial charge in [0.05, 0.1) is 34.0 Å². The van der Waals surface area contributed by atoms with Gasteiger partial charge in [0.1, 0.15) is 11.6 Å². The van der Waals surface area contributed by atoms with Gasteiger partial charge in [0, 0.05) is 80.2 Å². The second kappa shape index (κ2) is 13.4. The lowest BCUT2D eigenvalue weighted by atomic mass is 9.70. The Morgan fingerprint density at radius 1 is 0.944 bits per heavy atom. The highest BCUT2D eigenvalue weighted by Crippen LogP contribution is 2.55. The molecule has 1 N–H and O–H groups in total. The minimum atomic E-state index is -0.127. The van der Waals surface area contributed by atoms with E-state index in [2.05, 4.69) is 49.2 Å². The highest BCUT2D eigenvalue weighted by atomic mass is 35.5. The molecule has 2 spiro atoms. The molecule has 10 heteroatoms. The van der Waals surface area contributed by atoms with Gasteiger partial charge in [-0.1, -0.05) is 49.1 Å². The SMILES string of the molecule is CN=C1N(c2cccc(Cl)c2C=O)c2cc(N3CCC(CN4CC(N5CCC6(CC5)COc5c6ccc6c5CNC6=O)C4)CC3)ccc2C12CCCCC2. The summed E-state index contributed by atoms with van der Waals surface area (Å²) in [4.78, 5) is 39.8. The number of hydrogen-bond acceptors (Lipinski definition) is 7. The number of carbonyl (C=O) groups excluding carboxylic acids is 2. The van der Waals surface area contributed by atoms with Gasteiger partial charge in [-0.3, -0.25) is 29.3 Å². The summed E-state index contributed by atoms with van der Waals surface area (Å²) in [5.41, 5.74) is 8.25. The third-order valence-corrected chi connectivity index (χ3v) is 14.7. The maximum atomic E-state index is 12.4. The van der Waals surface area contributed by atoms with Crippen LogP contribution in [0.3, 0.4) is 0 Å². The quantitative estimate of drug-likeness (QED) is 0.270. The summed E-state index contributed by atoms with van der Waals surface area (Å²) < 4.78 is 6.30. The third-order valence-electron chi connectivity index (χ3n) is 14.4. The molecule has 54 heavy (non-hydrogen) atoms. The first-order valence-corrected chi connectivity index (χ1v) is 20.7. The van der Waals surface area contributed by atoms with Crippen molar-refractivity contribution in [2.45, 2.75) is 81.2 Å². The number of amidine groups is 1. The monoisotopic (exact) mass is 746 g/mol. The van der Waals surface area contributed by atoms with E-state index in [1.807, 2.05) is 25.2 Å². The van der Waals surface area contributed by atoms with Crippen LogP contribution in [0.15, 0.2) is 53.5 Å². The van der Waals surface area contributed by atoms with Crippen molar-refractivity contribution < 1.29 is 14.3 Å². The fraction of sp³-hybridized carbons (Fsp3) is 0.523. The lowest BCUT2D eigenvalue weighted by molar-refractivity contribution is -0.00195. The molecular weight excluding hydrogens is 696 g/mol. The molecule has 6 heterocycles. The van der Waals surface area contributed by atoms with Crippen molar-refractivity contribution in [3.8, 4) is 5.75 Å². The van der Waals surface area contributed by atoms with E-state index < -0.39 is 0 Å². The Bertz CT molecular complexity index is 2020. The van der Waals surface area contributed by atoms with Gasteiger partial charge in [0.15, 0.2) is 6.29 Å². The number of aldehydes is 1. The van der Waals surface area contributed by atoms with Crippen molar-refractivity contribution in [3.63, 3.8) is 0 Å². The second-order valence-corrected chi connectivity index (χ2v) is 17.5. The number of hydrogen-bond donors (Lipinski definition) is 1. The predicted octanol–water partition coefficient (Wildman–Crippen LogP) is 7.10. The number of ether oxygens (including phenoxy) is 1. The van der Waals surface area contributed by atoms with E-state index >= 15 is 0 Å². The lowest BCUT2D eigenvalue weighted by Crippen LogP contribution is -2.62. The van der Waals surface area contributed by atoms with Gasteiger partial charge in [-0.2, -0.15) is 0 Å². The number of amides is 1. The molecule has 3 aromatic carbocycles. The van der Waals surface area contributed by atoms with Gasteiger partial charge < -0.3 is 15.0 Å². The zero-order valence-corrected chi connectivity index (χ0v) is 32.2. The zero-order valence-electron chi connectivity index (χ0n) is 31.4. The second-order valence-electron chi connectivity index (χ2n) is 17.1. The van der Waals surface area contributed by atoms with E-state index in [9.17, 15) is 9.59 Å². The van der Waals surface area contributed by atoms with E-state index in [0.717, 1.165) is 105 Å². The van der Waals surface area contributed by atoms with Crippen LogP contribution in [0.2, 0.25) is 5.02 Å². The van der Waals surface area contributed by atoms with E-state index in [-0.39, 0.29) is 16.7 Å². The Hall–Kier alpha value is -3.92. The Morgan fingerprint density at radius 3 is 2.48 bits per heavy atom. The summed E-state index contributed by atoms with van der Waals surface area (Å²) in [6.07, 6.45) is 11.3. The molecule has 3 saturated heterocycles. The van der Waals surface area contributed by atoms with Crippen LogP contribution < -0.4 is 19.9 Å². The van der Waals surface area contributed by atoms with Crippen molar-refractivity contribution >= 4 is 46.7 Å². The first-order valence-electron chi connectivity index (χ1n) is 20.4. The fourth-order valence-corrected chi connectivity index (χ4v) is 11.6. The van der Waals surface area contributed by atoms with Crippen LogP contribution >= 0.6 is 11.6 Å². The largest absolute Gasteiger partial charge is 0.492 e. The summed E-state index contributed by atoms with van der Waals surface area (Å²) in [5.74, 6) is 2.78. The highest BCUT2D eigenvalue weighted by Gasteiger charge is 2.50. The van der Waals surface area contributed by atoms with Gasteiger partial charge in [0.2, 0.25) is 0 Å². The standard InChI is InChI=1S/C44H51ClN6O3/c1-46-42-44(14-3-2-4-15-44)35-10-8-30(22-39(35)51(42)38-7-5-6-37(45)34(38)27-52)49-18-12-29(13-19-49)24-48-25-31(26-48)50-20-16-43(17-21-50)28-54-40-33-23-47-41(53)32(33)9-11-36(40)43/h5-11,22,27,29,31H,2-4,12-21,23-26,28H2,1H3,(H,47,53). The molecule has 0 bridgehead atoms. The maximum Gasteiger partial charge on any atom is 0.252 e. The number of fused-ring (bicyclic) bond motifs is 6. The minimum absolute atomic E-state index is 0.0255. The van der Waals surface area contributed by atoms with Gasteiger partial charge in [-0.05, 0) is 93.4 Å². The molecular formula is C44H51ClN6O3. The van der Waals surface area contributed by atoms with E-state index in [0.29, 0.717) is 23.2 Å². The molecule has 1 amide bonds. The Kier molecular flexibility index (Phi) is 8.56. The van der Waals surface area contributed by atoms with Crippen molar-refractivity contribution in [3.05, 3.63) is 81.4 Å². The number of nitrogens with one attached hydrogen (secondary N) is 1. The van der Waals surface area contributed by atoms with Gasteiger partial charge in [0.25, 0.3) is 5.91 Å². The van der Waals surface area contributed by atoms with Crippen LogP contribution in [-0.4, -0.2) is 93.3 Å². The number of nitrogens with zero attached hydrogens (tertiary/aromatic N) is 5. The molecule has 9 nitrogen and oxygen atoms in total.